The van der Waals surface area contributed by atoms with Crippen molar-refractivity contribution in [3.05, 3.63) is 29.0 Å². The van der Waals surface area contributed by atoms with Crippen molar-refractivity contribution in [3.8, 4) is 0 Å². The third kappa shape index (κ3) is 3.89. The quantitative estimate of drug-likeness (QED) is 0.869. The van der Waals surface area contributed by atoms with Crippen molar-refractivity contribution >= 4 is 27.6 Å². The summed E-state index contributed by atoms with van der Waals surface area (Å²) in [5.74, 6) is -2.15. The fraction of sp³-hybridized carbons (Fsp3) is 0.364. The fourth-order valence-electron chi connectivity index (χ4n) is 1.12. The van der Waals surface area contributed by atoms with Gasteiger partial charge in [-0.3, -0.25) is 4.79 Å². The van der Waals surface area contributed by atoms with Gasteiger partial charge in [-0.15, -0.1) is 0 Å². The van der Waals surface area contributed by atoms with Crippen molar-refractivity contribution in [2.24, 2.45) is 5.41 Å². The molecule has 0 aliphatic carbocycles. The van der Waals surface area contributed by atoms with Crippen molar-refractivity contribution in [1.29, 1.82) is 0 Å². The zero-order valence-corrected chi connectivity index (χ0v) is 11.8. The predicted octanol–water partition coefficient (Wildman–Crippen LogP) is 1.87. The van der Waals surface area contributed by atoms with Gasteiger partial charge in [0.2, 0.25) is 10.0 Å². The number of aliphatic carboxylic acids is 1. The first-order valence-corrected chi connectivity index (χ1v) is 7.10. The molecule has 0 aromatic heterocycles. The molecule has 0 atom stereocenters. The molecule has 0 unspecified atom stereocenters. The summed E-state index contributed by atoms with van der Waals surface area (Å²) >= 11 is 5.53. The first-order chi connectivity index (χ1) is 8.56. The summed E-state index contributed by atoms with van der Waals surface area (Å²) in [6, 6.07) is 3.13. The van der Waals surface area contributed by atoms with Gasteiger partial charge in [-0.05, 0) is 32.0 Å². The second kappa shape index (κ2) is 5.44. The number of hydrogen-bond donors (Lipinski definition) is 2. The second-order valence-electron chi connectivity index (χ2n) is 4.59. The van der Waals surface area contributed by atoms with Gasteiger partial charge in [0.25, 0.3) is 0 Å². The SMILES string of the molecule is CC(C)(CNS(=O)(=O)c1ccc(Cl)cc1F)C(=O)O. The van der Waals surface area contributed by atoms with Crippen LogP contribution in [0.4, 0.5) is 4.39 Å². The third-order valence-electron chi connectivity index (χ3n) is 2.47. The Labute approximate surface area is 115 Å². The van der Waals surface area contributed by atoms with E-state index in [-0.39, 0.29) is 11.6 Å². The molecule has 0 fully saturated rings. The standard InChI is InChI=1S/C11H13ClFNO4S/c1-11(2,10(15)16)6-14-19(17,18)9-4-3-7(12)5-8(9)13/h3-5,14H,6H2,1-2H3,(H,15,16). The van der Waals surface area contributed by atoms with Gasteiger partial charge in [-0.25, -0.2) is 17.5 Å². The van der Waals surface area contributed by atoms with E-state index in [0.717, 1.165) is 12.1 Å². The fourth-order valence-corrected chi connectivity index (χ4v) is 2.55. The summed E-state index contributed by atoms with van der Waals surface area (Å²) < 4.78 is 39.3. The number of halogens is 2. The molecule has 1 rings (SSSR count). The van der Waals surface area contributed by atoms with Gasteiger partial charge in [0.05, 0.1) is 5.41 Å². The molecule has 106 valence electrons. The maximum Gasteiger partial charge on any atom is 0.310 e. The molecule has 0 saturated carbocycles. The van der Waals surface area contributed by atoms with Crippen LogP contribution in [0.15, 0.2) is 23.1 Å². The lowest BCUT2D eigenvalue weighted by atomic mass is 9.95. The van der Waals surface area contributed by atoms with Crippen LogP contribution >= 0.6 is 11.6 Å². The molecule has 0 amide bonds. The minimum atomic E-state index is -4.12. The highest BCUT2D eigenvalue weighted by atomic mass is 35.5. The second-order valence-corrected chi connectivity index (χ2v) is 6.76. The molecule has 8 heteroatoms. The number of carbonyl (C=O) groups is 1. The van der Waals surface area contributed by atoms with E-state index >= 15 is 0 Å². The smallest absolute Gasteiger partial charge is 0.310 e. The lowest BCUT2D eigenvalue weighted by Crippen LogP contribution is -2.39. The Kier molecular flexibility index (Phi) is 4.54. The maximum atomic E-state index is 13.5. The lowest BCUT2D eigenvalue weighted by Gasteiger charge is -2.19. The maximum absolute atomic E-state index is 13.5. The first kappa shape index (κ1) is 15.9. The molecule has 0 aliphatic heterocycles. The van der Waals surface area contributed by atoms with Crippen molar-refractivity contribution in [1.82, 2.24) is 4.72 Å². The number of benzene rings is 1. The van der Waals surface area contributed by atoms with E-state index in [1.807, 2.05) is 0 Å². The summed E-state index contributed by atoms with van der Waals surface area (Å²) in [6.07, 6.45) is 0. The lowest BCUT2D eigenvalue weighted by molar-refractivity contribution is -0.146. The zero-order chi connectivity index (χ0) is 14.8. The molecule has 0 bridgehead atoms. The molecule has 1 aromatic rings. The van der Waals surface area contributed by atoms with E-state index in [2.05, 4.69) is 4.72 Å². The molecular weight excluding hydrogens is 297 g/mol. The Morgan fingerprint density at radius 2 is 2.05 bits per heavy atom. The molecule has 5 nitrogen and oxygen atoms in total. The van der Waals surface area contributed by atoms with Crippen molar-refractivity contribution < 1.29 is 22.7 Å². The van der Waals surface area contributed by atoms with Gasteiger partial charge in [0.15, 0.2) is 0 Å². The summed E-state index contributed by atoms with van der Waals surface area (Å²) in [5, 5.41) is 8.94. The van der Waals surface area contributed by atoms with E-state index in [1.165, 1.54) is 19.9 Å². The van der Waals surface area contributed by atoms with E-state index in [1.54, 1.807) is 0 Å². The van der Waals surface area contributed by atoms with Gasteiger partial charge < -0.3 is 5.11 Å². The third-order valence-corrected chi connectivity index (χ3v) is 4.14. The van der Waals surface area contributed by atoms with Crippen LogP contribution in [-0.4, -0.2) is 26.0 Å². The van der Waals surface area contributed by atoms with Crippen molar-refractivity contribution in [2.75, 3.05) is 6.54 Å². The van der Waals surface area contributed by atoms with Crippen LogP contribution in [0.25, 0.3) is 0 Å². The Balaban J connectivity index is 2.97. The summed E-state index contributed by atoms with van der Waals surface area (Å²) in [5.41, 5.74) is -1.30. The Morgan fingerprint density at radius 1 is 1.47 bits per heavy atom. The molecule has 0 aliphatic rings. The number of carboxylic acids is 1. The average molecular weight is 310 g/mol. The van der Waals surface area contributed by atoms with Gasteiger partial charge >= 0.3 is 5.97 Å². The van der Waals surface area contributed by atoms with E-state index < -0.39 is 32.1 Å². The van der Waals surface area contributed by atoms with Gasteiger partial charge in [-0.2, -0.15) is 0 Å². The topological polar surface area (TPSA) is 83.5 Å². The number of sulfonamides is 1. The summed E-state index contributed by atoms with van der Waals surface area (Å²) in [6.45, 7) is 2.36. The van der Waals surface area contributed by atoms with Crippen LogP contribution in [0.5, 0.6) is 0 Å². The number of hydrogen-bond acceptors (Lipinski definition) is 3. The van der Waals surface area contributed by atoms with E-state index in [4.69, 9.17) is 16.7 Å². The normalized spacial score (nSPS) is 12.4. The van der Waals surface area contributed by atoms with Crippen LogP contribution in [-0.2, 0) is 14.8 Å². The monoisotopic (exact) mass is 309 g/mol. The minimum absolute atomic E-state index is 0.0716. The molecule has 0 spiro atoms. The summed E-state index contributed by atoms with van der Waals surface area (Å²) in [4.78, 5) is 10.3. The minimum Gasteiger partial charge on any atom is -0.481 e. The van der Waals surface area contributed by atoms with Crippen LogP contribution in [0, 0.1) is 11.2 Å². The van der Waals surface area contributed by atoms with Crippen molar-refractivity contribution in [2.45, 2.75) is 18.7 Å². The first-order valence-electron chi connectivity index (χ1n) is 5.24. The molecular formula is C11H13ClFNO4S. The highest BCUT2D eigenvalue weighted by molar-refractivity contribution is 7.89. The molecule has 0 heterocycles. The van der Waals surface area contributed by atoms with E-state index in [0.29, 0.717) is 0 Å². The molecule has 19 heavy (non-hydrogen) atoms. The van der Waals surface area contributed by atoms with Crippen LogP contribution < -0.4 is 4.72 Å². The Hall–Kier alpha value is -1.18. The van der Waals surface area contributed by atoms with Crippen LogP contribution in [0.2, 0.25) is 5.02 Å². The Morgan fingerprint density at radius 3 is 2.53 bits per heavy atom. The predicted molar refractivity (Wildman–Crippen MR) is 68.0 cm³/mol. The van der Waals surface area contributed by atoms with Gasteiger partial charge in [0, 0.05) is 11.6 Å². The van der Waals surface area contributed by atoms with Crippen LogP contribution in [0.1, 0.15) is 13.8 Å². The highest BCUT2D eigenvalue weighted by Crippen LogP contribution is 2.20. The highest BCUT2D eigenvalue weighted by Gasteiger charge is 2.30. The number of rotatable bonds is 5. The zero-order valence-electron chi connectivity index (χ0n) is 10.3. The van der Waals surface area contributed by atoms with E-state index in [9.17, 15) is 17.6 Å². The molecule has 1 aromatic carbocycles. The number of nitrogens with one attached hydrogen (secondary N) is 1. The van der Waals surface area contributed by atoms with Crippen molar-refractivity contribution in [3.63, 3.8) is 0 Å². The largest absolute Gasteiger partial charge is 0.481 e. The molecule has 0 saturated heterocycles. The van der Waals surface area contributed by atoms with Crippen LogP contribution in [0.3, 0.4) is 0 Å². The Bertz CT molecular complexity index is 601. The van der Waals surface area contributed by atoms with Gasteiger partial charge in [-0.1, -0.05) is 11.6 Å². The summed E-state index contributed by atoms with van der Waals surface area (Å²) in [7, 11) is -4.12. The molecule has 2 N–H and O–H groups in total. The molecule has 0 radical (unpaired) electrons. The average Bonchev–Trinajstić information content (AvgIpc) is 2.26. The number of carboxylic acid groups (broad SMARTS) is 1. The van der Waals surface area contributed by atoms with Gasteiger partial charge in [0.1, 0.15) is 10.7 Å².